The Kier molecular flexibility index (Phi) is 6.28. The summed E-state index contributed by atoms with van der Waals surface area (Å²) in [4.78, 5) is 26.8. The van der Waals surface area contributed by atoms with E-state index < -0.39 is 5.92 Å². The van der Waals surface area contributed by atoms with Crippen LogP contribution >= 0.6 is 22.6 Å². The molecule has 0 aliphatic carbocycles. The number of nitrogens with zero attached hydrogens (tertiary/aromatic N) is 1. The molecule has 1 saturated heterocycles. The number of ether oxygens (including phenoxy) is 3. The molecule has 1 N–H and O–H groups in total. The standard InChI is InChI=1S/C20H21IN2O5/c1-26-16-9-15(10-17(27-2)19(16)28-3)23-11-12(7-18(23)24)20(25)22-14-6-4-5-13(21)8-14/h4-6,8-10,12H,7,11H2,1-3H3,(H,22,25). The average Bonchev–Trinajstić information content (AvgIpc) is 3.08. The Balaban J connectivity index is 1.80. The summed E-state index contributed by atoms with van der Waals surface area (Å²) < 4.78 is 17.1. The van der Waals surface area contributed by atoms with E-state index in [0.29, 0.717) is 22.9 Å². The number of anilines is 2. The first-order chi connectivity index (χ1) is 13.5. The average molecular weight is 496 g/mol. The molecule has 7 nitrogen and oxygen atoms in total. The molecule has 2 aromatic carbocycles. The van der Waals surface area contributed by atoms with Crippen molar-refractivity contribution in [3.05, 3.63) is 40.0 Å². The van der Waals surface area contributed by atoms with E-state index in [1.165, 1.54) is 21.3 Å². The summed E-state index contributed by atoms with van der Waals surface area (Å²) in [5.41, 5.74) is 1.32. The first kappa shape index (κ1) is 20.2. The fourth-order valence-electron chi connectivity index (χ4n) is 3.17. The van der Waals surface area contributed by atoms with Crippen LogP contribution in [0, 0.1) is 9.49 Å². The maximum atomic E-state index is 12.6. The quantitative estimate of drug-likeness (QED) is 0.622. The Bertz CT molecular complexity index is 877. The molecule has 1 aliphatic heterocycles. The van der Waals surface area contributed by atoms with Gasteiger partial charge in [0.05, 0.1) is 32.9 Å². The number of benzene rings is 2. The predicted molar refractivity (Wildman–Crippen MR) is 114 cm³/mol. The molecule has 0 bridgehead atoms. The van der Waals surface area contributed by atoms with Crippen molar-refractivity contribution in [1.82, 2.24) is 0 Å². The van der Waals surface area contributed by atoms with Gasteiger partial charge in [-0.3, -0.25) is 9.59 Å². The monoisotopic (exact) mass is 496 g/mol. The summed E-state index contributed by atoms with van der Waals surface area (Å²) in [7, 11) is 4.56. The second kappa shape index (κ2) is 8.68. The zero-order valence-corrected chi connectivity index (χ0v) is 18.0. The fourth-order valence-corrected chi connectivity index (χ4v) is 3.71. The van der Waals surface area contributed by atoms with Gasteiger partial charge in [0.25, 0.3) is 0 Å². The number of halogens is 1. The van der Waals surface area contributed by atoms with Gasteiger partial charge in [0.1, 0.15) is 0 Å². The molecule has 1 aliphatic rings. The van der Waals surface area contributed by atoms with E-state index in [0.717, 1.165) is 9.26 Å². The van der Waals surface area contributed by atoms with Gasteiger partial charge in [-0.25, -0.2) is 0 Å². The molecule has 0 aromatic heterocycles. The van der Waals surface area contributed by atoms with E-state index in [2.05, 4.69) is 27.9 Å². The molecule has 0 saturated carbocycles. The number of carbonyl (C=O) groups excluding carboxylic acids is 2. The molecule has 1 heterocycles. The summed E-state index contributed by atoms with van der Waals surface area (Å²) >= 11 is 2.19. The van der Waals surface area contributed by atoms with Crippen LogP contribution in [0.25, 0.3) is 0 Å². The van der Waals surface area contributed by atoms with Crippen molar-refractivity contribution < 1.29 is 23.8 Å². The van der Waals surface area contributed by atoms with Crippen LogP contribution in [-0.4, -0.2) is 39.7 Å². The van der Waals surface area contributed by atoms with Crippen LogP contribution in [0.4, 0.5) is 11.4 Å². The van der Waals surface area contributed by atoms with E-state index in [9.17, 15) is 9.59 Å². The Morgan fingerprint density at radius 1 is 1.11 bits per heavy atom. The van der Waals surface area contributed by atoms with Gasteiger partial charge in [-0.05, 0) is 40.8 Å². The lowest BCUT2D eigenvalue weighted by atomic mass is 10.1. The van der Waals surface area contributed by atoms with Crippen LogP contribution < -0.4 is 24.4 Å². The highest BCUT2D eigenvalue weighted by atomic mass is 127. The molecular formula is C20H21IN2O5. The first-order valence-electron chi connectivity index (χ1n) is 8.63. The molecule has 8 heteroatoms. The lowest BCUT2D eigenvalue weighted by Crippen LogP contribution is -2.28. The maximum absolute atomic E-state index is 12.6. The molecule has 0 spiro atoms. The Hall–Kier alpha value is -2.49. The molecule has 2 aromatic rings. The van der Waals surface area contributed by atoms with Gasteiger partial charge in [0.15, 0.2) is 11.5 Å². The molecule has 148 valence electrons. The molecule has 1 atom stereocenters. The van der Waals surface area contributed by atoms with E-state index in [4.69, 9.17) is 14.2 Å². The minimum atomic E-state index is -0.440. The third-order valence-corrected chi connectivity index (χ3v) is 5.22. The van der Waals surface area contributed by atoms with Gasteiger partial charge >= 0.3 is 0 Å². The van der Waals surface area contributed by atoms with E-state index in [-0.39, 0.29) is 24.8 Å². The zero-order chi connectivity index (χ0) is 20.3. The topological polar surface area (TPSA) is 77.1 Å². The number of hydrogen-bond donors (Lipinski definition) is 1. The van der Waals surface area contributed by atoms with Crippen molar-refractivity contribution in [2.75, 3.05) is 38.1 Å². The minimum Gasteiger partial charge on any atom is -0.493 e. The normalized spacial score (nSPS) is 16.1. The van der Waals surface area contributed by atoms with Gasteiger partial charge in [-0.15, -0.1) is 0 Å². The van der Waals surface area contributed by atoms with E-state index in [1.54, 1.807) is 17.0 Å². The van der Waals surface area contributed by atoms with Crippen molar-refractivity contribution in [2.45, 2.75) is 6.42 Å². The van der Waals surface area contributed by atoms with Crippen LogP contribution in [0.15, 0.2) is 36.4 Å². The Morgan fingerprint density at radius 2 is 1.79 bits per heavy atom. The Labute approximate surface area is 177 Å². The predicted octanol–water partition coefficient (Wildman–Crippen LogP) is 3.31. The number of hydrogen-bond acceptors (Lipinski definition) is 5. The zero-order valence-electron chi connectivity index (χ0n) is 15.8. The Morgan fingerprint density at radius 3 is 2.36 bits per heavy atom. The lowest BCUT2D eigenvalue weighted by Gasteiger charge is -2.20. The highest BCUT2D eigenvalue weighted by Gasteiger charge is 2.36. The summed E-state index contributed by atoms with van der Waals surface area (Å²) in [6.45, 7) is 0.285. The maximum Gasteiger partial charge on any atom is 0.229 e. The molecule has 0 radical (unpaired) electrons. The lowest BCUT2D eigenvalue weighted by molar-refractivity contribution is -0.122. The second-order valence-corrected chi connectivity index (χ2v) is 7.53. The van der Waals surface area contributed by atoms with E-state index >= 15 is 0 Å². The largest absolute Gasteiger partial charge is 0.493 e. The number of methoxy groups -OCH3 is 3. The summed E-state index contributed by atoms with van der Waals surface area (Å²) in [5, 5.41) is 2.89. The minimum absolute atomic E-state index is 0.128. The van der Waals surface area contributed by atoms with Gasteiger partial charge < -0.3 is 24.4 Å². The fraction of sp³-hybridized carbons (Fsp3) is 0.300. The molecular weight excluding hydrogens is 475 g/mol. The third-order valence-electron chi connectivity index (χ3n) is 4.55. The molecule has 1 unspecified atom stereocenters. The van der Waals surface area contributed by atoms with Crippen LogP contribution in [0.5, 0.6) is 17.2 Å². The van der Waals surface area contributed by atoms with Crippen LogP contribution in [-0.2, 0) is 9.59 Å². The van der Waals surface area contributed by atoms with Gasteiger partial charge in [0, 0.05) is 34.4 Å². The number of carbonyl (C=O) groups is 2. The van der Waals surface area contributed by atoms with Crippen LogP contribution in [0.1, 0.15) is 6.42 Å². The highest BCUT2D eigenvalue weighted by Crippen LogP contribution is 2.42. The first-order valence-corrected chi connectivity index (χ1v) is 9.71. The number of nitrogens with one attached hydrogen (secondary N) is 1. The van der Waals surface area contributed by atoms with Crippen molar-refractivity contribution in [3.63, 3.8) is 0 Å². The van der Waals surface area contributed by atoms with Crippen molar-refractivity contribution in [2.24, 2.45) is 5.92 Å². The summed E-state index contributed by atoms with van der Waals surface area (Å²) in [6.07, 6.45) is 0.145. The van der Waals surface area contributed by atoms with Gasteiger partial charge in [0.2, 0.25) is 17.6 Å². The summed E-state index contributed by atoms with van der Waals surface area (Å²) in [5.74, 6) is 0.619. The van der Waals surface area contributed by atoms with Crippen molar-refractivity contribution in [3.8, 4) is 17.2 Å². The van der Waals surface area contributed by atoms with Gasteiger partial charge in [-0.1, -0.05) is 6.07 Å². The van der Waals surface area contributed by atoms with Gasteiger partial charge in [-0.2, -0.15) is 0 Å². The smallest absolute Gasteiger partial charge is 0.229 e. The molecule has 1 fully saturated rings. The van der Waals surface area contributed by atoms with E-state index in [1.807, 2.05) is 24.3 Å². The molecule has 3 rings (SSSR count). The van der Waals surface area contributed by atoms with Crippen LogP contribution in [0.2, 0.25) is 0 Å². The van der Waals surface area contributed by atoms with Crippen molar-refractivity contribution in [1.29, 1.82) is 0 Å². The van der Waals surface area contributed by atoms with Crippen molar-refractivity contribution >= 4 is 45.8 Å². The third kappa shape index (κ3) is 4.16. The summed E-state index contributed by atoms with van der Waals surface area (Å²) in [6, 6.07) is 10.9. The molecule has 2 amide bonds. The number of amides is 2. The second-order valence-electron chi connectivity index (χ2n) is 6.29. The van der Waals surface area contributed by atoms with Crippen LogP contribution in [0.3, 0.4) is 0 Å². The SMILES string of the molecule is COc1cc(N2CC(C(=O)Nc3cccc(I)c3)CC2=O)cc(OC)c1OC. The highest BCUT2D eigenvalue weighted by molar-refractivity contribution is 14.1. The molecule has 28 heavy (non-hydrogen) atoms. The number of rotatable bonds is 6.